The molecule has 0 aliphatic heterocycles. The molecule has 0 radical (unpaired) electrons. The van der Waals surface area contributed by atoms with Gasteiger partial charge in [-0.05, 0) is 48.8 Å². The van der Waals surface area contributed by atoms with Crippen molar-refractivity contribution in [1.82, 2.24) is 0 Å². The molecule has 17 heavy (non-hydrogen) atoms. The first kappa shape index (κ1) is 12.9. The fourth-order valence-electron chi connectivity index (χ4n) is 2.44. The molecule has 1 aliphatic rings. The van der Waals surface area contributed by atoms with Gasteiger partial charge >= 0.3 is 0 Å². The Kier molecular flexibility index (Phi) is 3.79. The number of rotatable bonds is 5. The van der Waals surface area contributed by atoms with Crippen molar-refractivity contribution in [1.29, 1.82) is 0 Å². The normalized spacial score (nSPS) is 17.5. The molecule has 0 atom stereocenters. The summed E-state index contributed by atoms with van der Waals surface area (Å²) in [4.78, 5) is 0. The van der Waals surface area contributed by atoms with Crippen LogP contribution in [0, 0.1) is 0 Å². The highest BCUT2D eigenvalue weighted by Crippen LogP contribution is 2.39. The standard InChI is InChI=1S/C15H21ClO/c1-3-12(4-2)13-6-5-11(9-14(13)16)10-15(17)7-8-15/h5-6,9,12,17H,3-4,7-8,10H2,1-2H3. The van der Waals surface area contributed by atoms with Crippen LogP contribution in [-0.4, -0.2) is 10.7 Å². The summed E-state index contributed by atoms with van der Waals surface area (Å²) in [6.07, 6.45) is 4.85. The Bertz CT molecular complexity index is 392. The van der Waals surface area contributed by atoms with Crippen LogP contribution in [-0.2, 0) is 6.42 Å². The van der Waals surface area contributed by atoms with E-state index in [9.17, 15) is 5.11 Å². The smallest absolute Gasteiger partial charge is 0.0690 e. The lowest BCUT2D eigenvalue weighted by Gasteiger charge is -2.16. The first-order valence-electron chi connectivity index (χ1n) is 6.58. The van der Waals surface area contributed by atoms with Crippen LogP contribution in [0.1, 0.15) is 56.6 Å². The average molecular weight is 253 g/mol. The summed E-state index contributed by atoms with van der Waals surface area (Å²) < 4.78 is 0. The molecule has 1 aliphatic carbocycles. The molecule has 0 heterocycles. The van der Waals surface area contributed by atoms with E-state index in [2.05, 4.69) is 26.0 Å². The van der Waals surface area contributed by atoms with Crippen molar-refractivity contribution < 1.29 is 5.11 Å². The monoisotopic (exact) mass is 252 g/mol. The van der Waals surface area contributed by atoms with Crippen LogP contribution >= 0.6 is 11.6 Å². The van der Waals surface area contributed by atoms with Crippen LogP contribution in [0.15, 0.2) is 18.2 Å². The molecule has 1 nitrogen and oxygen atoms in total. The highest BCUT2D eigenvalue weighted by atomic mass is 35.5. The number of benzene rings is 1. The summed E-state index contributed by atoms with van der Waals surface area (Å²) in [5.41, 5.74) is 1.98. The quantitative estimate of drug-likeness (QED) is 0.828. The van der Waals surface area contributed by atoms with E-state index in [4.69, 9.17) is 11.6 Å². The van der Waals surface area contributed by atoms with E-state index in [1.165, 1.54) is 5.56 Å². The van der Waals surface area contributed by atoms with Crippen molar-refractivity contribution >= 4 is 11.6 Å². The minimum Gasteiger partial charge on any atom is -0.390 e. The Morgan fingerprint density at radius 1 is 1.29 bits per heavy atom. The lowest BCUT2D eigenvalue weighted by Crippen LogP contribution is -2.10. The molecule has 1 saturated carbocycles. The number of aliphatic hydroxyl groups is 1. The Balaban J connectivity index is 2.16. The molecule has 94 valence electrons. The van der Waals surface area contributed by atoms with E-state index >= 15 is 0 Å². The summed E-state index contributed by atoms with van der Waals surface area (Å²) in [6.45, 7) is 4.40. The van der Waals surface area contributed by atoms with Gasteiger partial charge in [-0.15, -0.1) is 0 Å². The van der Waals surface area contributed by atoms with Gasteiger partial charge in [-0.2, -0.15) is 0 Å². The van der Waals surface area contributed by atoms with Crippen LogP contribution in [0.25, 0.3) is 0 Å². The molecule has 1 aromatic carbocycles. The highest BCUT2D eigenvalue weighted by molar-refractivity contribution is 6.31. The van der Waals surface area contributed by atoms with Gasteiger partial charge in [0.1, 0.15) is 0 Å². The van der Waals surface area contributed by atoms with E-state index in [1.807, 2.05) is 6.07 Å². The molecule has 0 bridgehead atoms. The third kappa shape index (κ3) is 3.02. The van der Waals surface area contributed by atoms with Gasteiger partial charge in [-0.25, -0.2) is 0 Å². The van der Waals surface area contributed by atoms with Crippen LogP contribution in [0.2, 0.25) is 5.02 Å². The zero-order chi connectivity index (χ0) is 12.5. The summed E-state index contributed by atoms with van der Waals surface area (Å²) in [7, 11) is 0. The first-order valence-corrected chi connectivity index (χ1v) is 6.96. The lowest BCUT2D eigenvalue weighted by molar-refractivity contribution is 0.151. The first-order chi connectivity index (χ1) is 8.08. The van der Waals surface area contributed by atoms with Crippen molar-refractivity contribution in [2.24, 2.45) is 0 Å². The van der Waals surface area contributed by atoms with Crippen LogP contribution in [0.4, 0.5) is 0 Å². The maximum Gasteiger partial charge on any atom is 0.0690 e. The highest BCUT2D eigenvalue weighted by Gasteiger charge is 2.40. The van der Waals surface area contributed by atoms with Crippen molar-refractivity contribution in [3.63, 3.8) is 0 Å². The molecular weight excluding hydrogens is 232 g/mol. The Morgan fingerprint density at radius 2 is 1.94 bits per heavy atom. The van der Waals surface area contributed by atoms with Crippen LogP contribution < -0.4 is 0 Å². The zero-order valence-electron chi connectivity index (χ0n) is 10.7. The number of hydrogen-bond donors (Lipinski definition) is 1. The molecule has 1 N–H and O–H groups in total. The predicted molar refractivity (Wildman–Crippen MR) is 72.7 cm³/mol. The topological polar surface area (TPSA) is 20.2 Å². The largest absolute Gasteiger partial charge is 0.390 e. The van der Waals surface area contributed by atoms with Gasteiger partial charge in [-0.3, -0.25) is 0 Å². The van der Waals surface area contributed by atoms with Crippen molar-refractivity contribution in [2.75, 3.05) is 0 Å². The molecule has 0 spiro atoms. The summed E-state index contributed by atoms with van der Waals surface area (Å²) >= 11 is 6.35. The van der Waals surface area contributed by atoms with Gasteiger partial charge in [0.15, 0.2) is 0 Å². The Hall–Kier alpha value is -0.530. The SMILES string of the molecule is CCC(CC)c1ccc(CC2(O)CC2)cc1Cl. The lowest BCUT2D eigenvalue weighted by atomic mass is 9.92. The Labute approximate surface area is 109 Å². The summed E-state index contributed by atoms with van der Waals surface area (Å²) in [6, 6.07) is 6.29. The molecule has 1 aromatic rings. The third-order valence-electron chi connectivity index (χ3n) is 3.85. The van der Waals surface area contributed by atoms with Gasteiger partial charge in [0.2, 0.25) is 0 Å². The van der Waals surface area contributed by atoms with E-state index < -0.39 is 5.60 Å². The van der Waals surface area contributed by atoms with Gasteiger partial charge in [0.25, 0.3) is 0 Å². The van der Waals surface area contributed by atoms with Crippen LogP contribution in [0.5, 0.6) is 0 Å². The molecule has 0 saturated heterocycles. The average Bonchev–Trinajstić information content (AvgIpc) is 3.00. The van der Waals surface area contributed by atoms with E-state index in [0.29, 0.717) is 5.92 Å². The predicted octanol–water partition coefficient (Wildman–Crippen LogP) is 4.31. The minimum absolute atomic E-state index is 0.431. The fourth-order valence-corrected chi connectivity index (χ4v) is 2.80. The molecule has 1 fully saturated rings. The summed E-state index contributed by atoms with van der Waals surface area (Å²) in [5.74, 6) is 0.556. The van der Waals surface area contributed by atoms with Crippen LogP contribution in [0.3, 0.4) is 0 Å². The van der Waals surface area contributed by atoms with E-state index in [-0.39, 0.29) is 0 Å². The molecular formula is C15H21ClO. The third-order valence-corrected chi connectivity index (χ3v) is 4.18. The molecule has 2 rings (SSSR count). The second-order valence-corrected chi connectivity index (χ2v) is 5.68. The second kappa shape index (κ2) is 4.99. The van der Waals surface area contributed by atoms with E-state index in [0.717, 1.165) is 42.7 Å². The van der Waals surface area contributed by atoms with Crippen molar-refractivity contribution in [2.45, 2.75) is 57.5 Å². The minimum atomic E-state index is -0.431. The second-order valence-electron chi connectivity index (χ2n) is 5.27. The maximum atomic E-state index is 9.90. The molecule has 2 heteroatoms. The number of hydrogen-bond acceptors (Lipinski definition) is 1. The van der Waals surface area contributed by atoms with Crippen molar-refractivity contribution in [3.05, 3.63) is 34.3 Å². The zero-order valence-corrected chi connectivity index (χ0v) is 11.4. The molecule has 0 amide bonds. The van der Waals surface area contributed by atoms with Gasteiger partial charge < -0.3 is 5.11 Å². The molecule has 0 unspecified atom stereocenters. The van der Waals surface area contributed by atoms with Gasteiger partial charge in [-0.1, -0.05) is 37.6 Å². The molecule has 0 aromatic heterocycles. The summed E-state index contributed by atoms with van der Waals surface area (Å²) in [5, 5.41) is 10.8. The van der Waals surface area contributed by atoms with Gasteiger partial charge in [0.05, 0.1) is 5.60 Å². The fraction of sp³-hybridized carbons (Fsp3) is 0.600. The van der Waals surface area contributed by atoms with Gasteiger partial charge in [0, 0.05) is 11.4 Å². The number of halogens is 1. The van der Waals surface area contributed by atoms with E-state index in [1.54, 1.807) is 0 Å². The van der Waals surface area contributed by atoms with Crippen molar-refractivity contribution in [3.8, 4) is 0 Å². The Morgan fingerprint density at radius 3 is 2.41 bits per heavy atom. The maximum absolute atomic E-state index is 9.90.